The molecule has 0 heterocycles. The molecule has 1 radical (unpaired) electrons. The van der Waals surface area contributed by atoms with Gasteiger partial charge in [-0.3, -0.25) is 0 Å². The van der Waals surface area contributed by atoms with Gasteiger partial charge in [-0.15, -0.1) is 0 Å². The second kappa shape index (κ2) is 10.2. The van der Waals surface area contributed by atoms with Crippen LogP contribution in [0.5, 0.6) is 0 Å². The summed E-state index contributed by atoms with van der Waals surface area (Å²) < 4.78 is 31.8. The van der Waals surface area contributed by atoms with Crippen molar-refractivity contribution in [3.05, 3.63) is 0 Å². The normalized spacial score (nSPS) is 7.25. The van der Waals surface area contributed by atoms with Gasteiger partial charge in [0.15, 0.2) is 0 Å². The summed E-state index contributed by atoms with van der Waals surface area (Å²) >= 11 is -5.12. The molecular formula is H4CaLaMnO4Ti. The zero-order valence-corrected chi connectivity index (χ0v) is 12.4. The molecule has 0 bridgehead atoms. The molecule has 0 fully saturated rings. The van der Waals surface area contributed by atoms with Gasteiger partial charge in [-0.1, -0.05) is 0 Å². The van der Waals surface area contributed by atoms with E-state index in [0.717, 1.165) is 0 Å². The molecule has 4 nitrogen and oxygen atoms in total. The first-order chi connectivity index (χ1) is 2.00. The van der Waals surface area contributed by atoms with E-state index in [4.69, 9.17) is 16.0 Å². The molecule has 0 atom stereocenters. The van der Waals surface area contributed by atoms with Crippen molar-refractivity contribution in [1.82, 2.24) is 0 Å². The van der Waals surface area contributed by atoms with Crippen molar-refractivity contribution < 1.29 is 89.6 Å². The first-order valence-corrected chi connectivity index (χ1v) is 2.67. The number of rotatable bonds is 0. The van der Waals surface area contributed by atoms with E-state index < -0.39 is 13.4 Å². The van der Waals surface area contributed by atoms with Crippen LogP contribution in [-0.4, -0.2) is 46.1 Å². The smallest absolute Gasteiger partial charge is 0 e. The molecule has 0 saturated heterocycles. The van der Waals surface area contributed by atoms with E-state index in [1.165, 1.54) is 0 Å². The molecule has 44 valence electrons. The van der Waals surface area contributed by atoms with Gasteiger partial charge in [-0.25, -0.2) is 0 Å². The first kappa shape index (κ1) is 22.5. The molecular weight excluding hydrogens is 346 g/mol. The Balaban J connectivity index is -0.00000000800. The van der Waals surface area contributed by atoms with Gasteiger partial charge in [-0.05, 0) is 0 Å². The predicted molar refractivity (Wildman–Crippen MR) is 13.8 cm³/mol. The minimum Gasteiger partial charge on any atom is 0 e. The zero-order valence-electron chi connectivity index (χ0n) is 5.87. The van der Waals surface area contributed by atoms with E-state index in [2.05, 4.69) is 0 Å². The molecule has 0 aromatic rings. The zero-order chi connectivity index (χ0) is 4.50. The van der Waals surface area contributed by atoms with Gasteiger partial charge >= 0.3 is 67.2 Å². The quantitative estimate of drug-likeness (QED) is 0.521. The average molecular weight is 350 g/mol. The molecule has 0 rings (SSSR count). The molecule has 8 heteroatoms. The fraction of sp³-hybridized carbons (Fsp3) is 0. The van der Waals surface area contributed by atoms with Gasteiger partial charge in [0, 0.05) is 57.3 Å². The van der Waals surface area contributed by atoms with Crippen LogP contribution in [0.3, 0.4) is 0 Å². The van der Waals surface area contributed by atoms with Crippen LogP contribution in [0.15, 0.2) is 0 Å². The van der Waals surface area contributed by atoms with Crippen molar-refractivity contribution in [2.24, 2.45) is 0 Å². The van der Waals surface area contributed by atoms with Crippen LogP contribution in [0, 0.1) is 35.6 Å². The third-order valence-corrected chi connectivity index (χ3v) is 0. The van der Waals surface area contributed by atoms with E-state index in [0.29, 0.717) is 0 Å². The Morgan fingerprint density at radius 2 is 1.25 bits per heavy atom. The summed E-state index contributed by atoms with van der Waals surface area (Å²) in [5.41, 5.74) is 0. The maximum absolute atomic E-state index is 8.80. The first-order valence-electron chi connectivity index (χ1n) is 0.647. The van der Waals surface area contributed by atoms with Crippen molar-refractivity contribution in [3.63, 3.8) is 0 Å². The van der Waals surface area contributed by atoms with Crippen LogP contribution in [0.25, 0.3) is 0 Å². The Morgan fingerprint density at radius 1 is 1.25 bits per heavy atom. The standard InChI is InChI=1S/Ca.La.Mn.2H2O.2O.Ti.2H/h;;;2*1H2;;;;;/q+2;;+2;;;;;;2*-1/p-2. The Morgan fingerprint density at radius 3 is 1.25 bits per heavy atom. The van der Waals surface area contributed by atoms with Crippen molar-refractivity contribution in [2.75, 3.05) is 0 Å². The third-order valence-electron chi connectivity index (χ3n) is 0. The molecule has 0 saturated carbocycles. The maximum Gasteiger partial charge on any atom is 0 e. The molecule has 8 heavy (non-hydrogen) atoms. The number of hydrogen-bond donors (Lipinski definition) is 2. The minimum absolute atomic E-state index is 0. The average Bonchev–Trinajstić information content (AvgIpc) is 0.722. The van der Waals surface area contributed by atoms with E-state index in [1.807, 2.05) is 0 Å². The Labute approximate surface area is 125 Å². The fourth-order valence-corrected chi connectivity index (χ4v) is 0. The maximum atomic E-state index is 8.80. The van der Waals surface area contributed by atoms with E-state index in [1.54, 1.807) is 0 Å². The summed E-state index contributed by atoms with van der Waals surface area (Å²) in [6, 6.07) is 0. The second-order valence-electron chi connectivity index (χ2n) is 0.415. The van der Waals surface area contributed by atoms with Gasteiger partial charge in [0.05, 0.1) is 0 Å². The molecule has 0 aromatic heterocycles. The van der Waals surface area contributed by atoms with Crippen molar-refractivity contribution in [2.45, 2.75) is 0 Å². The summed E-state index contributed by atoms with van der Waals surface area (Å²) in [5.74, 6) is 0. The third kappa shape index (κ3) is 60.3. The monoisotopic (exact) mass is 350 g/mol. The van der Waals surface area contributed by atoms with Gasteiger partial charge in [0.1, 0.15) is 0 Å². The Bertz CT molecular complexity index is 106. The minimum atomic E-state index is -5.12. The van der Waals surface area contributed by atoms with Crippen molar-refractivity contribution >= 4 is 37.7 Å². The molecule has 0 aromatic carbocycles. The van der Waals surface area contributed by atoms with E-state index >= 15 is 0 Å². The topological polar surface area (TPSA) is 74.6 Å². The Kier molecular flexibility index (Phi) is 28.7. The van der Waals surface area contributed by atoms with Crippen molar-refractivity contribution in [1.29, 1.82) is 0 Å². The van der Waals surface area contributed by atoms with E-state index in [-0.39, 0.29) is 97.9 Å². The Hall–Kier alpha value is 3.21. The molecule has 0 aliphatic heterocycles. The largest absolute Gasteiger partial charge is 0 e. The summed E-state index contributed by atoms with van der Waals surface area (Å²) in [6.07, 6.45) is 0. The summed E-state index contributed by atoms with van der Waals surface area (Å²) in [6.45, 7) is 0. The van der Waals surface area contributed by atoms with Gasteiger partial charge in [-0.2, -0.15) is 0 Å². The summed E-state index contributed by atoms with van der Waals surface area (Å²) in [7, 11) is 0. The van der Waals surface area contributed by atoms with Gasteiger partial charge in [0.25, 0.3) is 0 Å². The summed E-state index contributed by atoms with van der Waals surface area (Å²) in [5, 5.41) is 0. The molecule has 2 N–H and O–H groups in total. The van der Waals surface area contributed by atoms with Crippen LogP contribution in [0.1, 0.15) is 2.85 Å². The predicted octanol–water partition coefficient (Wildman–Crippen LogP) is -1.51. The summed E-state index contributed by atoms with van der Waals surface area (Å²) in [4.78, 5) is 0. The molecule has 0 unspecified atom stereocenters. The van der Waals surface area contributed by atoms with Crippen LogP contribution in [-0.2, 0) is 42.8 Å². The fourth-order valence-electron chi connectivity index (χ4n) is 0. The van der Waals surface area contributed by atoms with E-state index in [9.17, 15) is 0 Å². The molecule has 0 spiro atoms. The van der Waals surface area contributed by atoms with Gasteiger partial charge in [0.2, 0.25) is 0 Å². The van der Waals surface area contributed by atoms with Gasteiger partial charge < -0.3 is 2.85 Å². The van der Waals surface area contributed by atoms with Crippen LogP contribution in [0.2, 0.25) is 0 Å². The van der Waals surface area contributed by atoms with Crippen molar-refractivity contribution in [3.8, 4) is 0 Å². The molecule has 0 aliphatic carbocycles. The van der Waals surface area contributed by atoms with Crippen LogP contribution >= 0.6 is 0 Å². The SMILES string of the molecule is [Ca+2].[H-].[H-].[La].[O]=[Mn](=[O])([OH])[OH].[Ti]. The molecule has 0 amide bonds. The van der Waals surface area contributed by atoms with Crippen LogP contribution in [0.4, 0.5) is 0 Å². The van der Waals surface area contributed by atoms with Crippen LogP contribution < -0.4 is 0 Å². The molecule has 0 aliphatic rings. The second-order valence-corrected chi connectivity index (χ2v) is 1.71. The number of hydrogen-bond acceptors (Lipinski definition) is 2.